The Labute approximate surface area is 157 Å². The Morgan fingerprint density at radius 1 is 1.00 bits per heavy atom. The van der Waals surface area contributed by atoms with E-state index < -0.39 is 24.5 Å². The number of amides is 2. The summed E-state index contributed by atoms with van der Waals surface area (Å²) < 4.78 is 4.97. The van der Waals surface area contributed by atoms with Crippen molar-refractivity contribution in [2.75, 3.05) is 13.2 Å². The van der Waals surface area contributed by atoms with E-state index in [1.807, 2.05) is 36.4 Å². The van der Waals surface area contributed by atoms with E-state index in [1.54, 1.807) is 24.3 Å². The van der Waals surface area contributed by atoms with Crippen LogP contribution in [-0.4, -0.2) is 30.9 Å². The first-order valence-electron chi connectivity index (χ1n) is 8.37. The molecular weight excluding hydrogens is 344 g/mol. The summed E-state index contributed by atoms with van der Waals surface area (Å²) >= 11 is 0. The summed E-state index contributed by atoms with van der Waals surface area (Å²) in [5.74, 6) is 0.871. The van der Waals surface area contributed by atoms with Gasteiger partial charge in [0.05, 0.1) is 19.0 Å². The summed E-state index contributed by atoms with van der Waals surface area (Å²) in [7, 11) is 0. The highest BCUT2D eigenvalue weighted by molar-refractivity contribution is 5.94. The zero-order valence-corrected chi connectivity index (χ0v) is 14.7. The van der Waals surface area contributed by atoms with E-state index in [2.05, 4.69) is 16.6 Å². The second kappa shape index (κ2) is 10.4. The fourth-order valence-corrected chi connectivity index (χ4v) is 2.34. The van der Waals surface area contributed by atoms with E-state index in [0.717, 1.165) is 5.56 Å². The van der Waals surface area contributed by atoms with Crippen molar-refractivity contribution >= 4 is 17.8 Å². The number of terminal acetylenes is 1. The van der Waals surface area contributed by atoms with Gasteiger partial charge < -0.3 is 15.4 Å². The van der Waals surface area contributed by atoms with Gasteiger partial charge in [-0.1, -0.05) is 54.5 Å². The van der Waals surface area contributed by atoms with Crippen molar-refractivity contribution in [2.45, 2.75) is 12.5 Å². The van der Waals surface area contributed by atoms with Crippen LogP contribution in [0.3, 0.4) is 0 Å². The summed E-state index contributed by atoms with van der Waals surface area (Å²) in [6.45, 7) is -0.356. The number of benzene rings is 2. The van der Waals surface area contributed by atoms with Gasteiger partial charge in [-0.3, -0.25) is 14.4 Å². The number of ether oxygens (including phenoxy) is 1. The summed E-state index contributed by atoms with van der Waals surface area (Å²) in [6.07, 6.45) is 4.94. The molecule has 2 N–H and O–H groups in total. The fourth-order valence-electron chi connectivity index (χ4n) is 2.34. The standard InChI is InChI=1S/C21H20N2O4/c1-2-13-22-19(24)15-27-20(25)14-18(16-9-5-3-6-10-16)23-21(26)17-11-7-4-8-12-17/h1,3-12,18H,13-15H2,(H,22,24)(H,23,26)/t18-/m0/s1. The van der Waals surface area contributed by atoms with Gasteiger partial charge in [0.1, 0.15) is 0 Å². The monoisotopic (exact) mass is 364 g/mol. The zero-order valence-electron chi connectivity index (χ0n) is 14.7. The van der Waals surface area contributed by atoms with Gasteiger partial charge in [-0.2, -0.15) is 0 Å². The highest BCUT2D eigenvalue weighted by Gasteiger charge is 2.20. The molecule has 0 spiro atoms. The molecule has 2 rings (SSSR count). The summed E-state index contributed by atoms with van der Waals surface area (Å²) in [6, 6.07) is 17.2. The van der Waals surface area contributed by atoms with Gasteiger partial charge in [0, 0.05) is 5.56 Å². The molecular formula is C21H20N2O4. The third-order valence-electron chi connectivity index (χ3n) is 3.67. The lowest BCUT2D eigenvalue weighted by Crippen LogP contribution is -2.32. The Hall–Kier alpha value is -3.59. The first-order valence-corrected chi connectivity index (χ1v) is 8.37. The Balaban J connectivity index is 2.01. The van der Waals surface area contributed by atoms with Crippen molar-refractivity contribution in [3.05, 3.63) is 71.8 Å². The van der Waals surface area contributed by atoms with E-state index >= 15 is 0 Å². The Bertz CT molecular complexity index is 813. The van der Waals surface area contributed by atoms with E-state index in [-0.39, 0.29) is 18.9 Å². The van der Waals surface area contributed by atoms with Crippen LogP contribution < -0.4 is 10.6 Å². The molecule has 0 fully saturated rings. The average Bonchev–Trinajstić information content (AvgIpc) is 2.71. The third kappa shape index (κ3) is 6.67. The van der Waals surface area contributed by atoms with E-state index in [1.165, 1.54) is 0 Å². The van der Waals surface area contributed by atoms with Crippen LogP contribution in [-0.2, 0) is 14.3 Å². The smallest absolute Gasteiger partial charge is 0.308 e. The average molecular weight is 364 g/mol. The van der Waals surface area contributed by atoms with E-state index in [4.69, 9.17) is 11.2 Å². The van der Waals surface area contributed by atoms with Gasteiger partial charge in [0.25, 0.3) is 11.8 Å². The highest BCUT2D eigenvalue weighted by atomic mass is 16.5. The van der Waals surface area contributed by atoms with Crippen LogP contribution in [0, 0.1) is 12.3 Å². The Morgan fingerprint density at radius 3 is 2.26 bits per heavy atom. The van der Waals surface area contributed by atoms with Crippen molar-refractivity contribution in [3.63, 3.8) is 0 Å². The molecule has 0 aliphatic heterocycles. The lowest BCUT2D eigenvalue weighted by molar-refractivity contribution is -0.149. The van der Waals surface area contributed by atoms with Gasteiger partial charge >= 0.3 is 5.97 Å². The maximum absolute atomic E-state index is 12.4. The molecule has 138 valence electrons. The van der Waals surface area contributed by atoms with Crippen LogP contribution in [0.5, 0.6) is 0 Å². The molecule has 0 unspecified atom stereocenters. The minimum absolute atomic E-state index is 0.0656. The normalized spacial score (nSPS) is 10.9. The highest BCUT2D eigenvalue weighted by Crippen LogP contribution is 2.18. The number of carbonyl (C=O) groups excluding carboxylic acids is 3. The predicted octanol–water partition coefficient (Wildman–Crippen LogP) is 1.84. The van der Waals surface area contributed by atoms with Crippen molar-refractivity contribution in [3.8, 4) is 12.3 Å². The first-order chi connectivity index (χ1) is 13.1. The maximum atomic E-state index is 12.4. The van der Waals surface area contributed by atoms with Crippen molar-refractivity contribution in [2.24, 2.45) is 0 Å². The summed E-state index contributed by atoms with van der Waals surface area (Å²) in [4.78, 5) is 36.0. The zero-order chi connectivity index (χ0) is 19.5. The molecule has 0 radical (unpaired) electrons. The summed E-state index contributed by atoms with van der Waals surface area (Å²) in [5.41, 5.74) is 1.25. The number of esters is 1. The van der Waals surface area contributed by atoms with Crippen LogP contribution in [0.4, 0.5) is 0 Å². The summed E-state index contributed by atoms with van der Waals surface area (Å²) in [5, 5.41) is 5.24. The largest absolute Gasteiger partial charge is 0.456 e. The van der Waals surface area contributed by atoms with Crippen LogP contribution in [0.2, 0.25) is 0 Å². The minimum atomic E-state index is -0.604. The maximum Gasteiger partial charge on any atom is 0.308 e. The molecule has 1 atom stereocenters. The topological polar surface area (TPSA) is 84.5 Å². The molecule has 0 aromatic heterocycles. The van der Waals surface area contributed by atoms with Crippen LogP contribution in [0.25, 0.3) is 0 Å². The van der Waals surface area contributed by atoms with Crippen molar-refractivity contribution in [1.29, 1.82) is 0 Å². The Kier molecular flexibility index (Phi) is 7.61. The fraction of sp³-hybridized carbons (Fsp3) is 0.190. The van der Waals surface area contributed by atoms with Gasteiger partial charge in [0.15, 0.2) is 6.61 Å². The lowest BCUT2D eigenvalue weighted by Gasteiger charge is -2.18. The number of carbonyl (C=O) groups is 3. The van der Waals surface area contributed by atoms with Gasteiger partial charge in [-0.25, -0.2) is 0 Å². The van der Waals surface area contributed by atoms with Gasteiger partial charge in [-0.05, 0) is 17.7 Å². The SMILES string of the molecule is C#CCNC(=O)COC(=O)C[C@H](NC(=O)c1ccccc1)c1ccccc1. The van der Waals surface area contributed by atoms with Gasteiger partial charge in [-0.15, -0.1) is 6.42 Å². The molecule has 0 bridgehead atoms. The second-order valence-corrected chi connectivity index (χ2v) is 5.65. The molecule has 2 amide bonds. The quantitative estimate of drug-likeness (QED) is 0.553. The molecule has 2 aromatic carbocycles. The third-order valence-corrected chi connectivity index (χ3v) is 3.67. The molecule has 2 aromatic rings. The molecule has 0 aliphatic rings. The van der Waals surface area contributed by atoms with Crippen LogP contribution in [0.15, 0.2) is 60.7 Å². The predicted molar refractivity (Wildman–Crippen MR) is 101 cm³/mol. The van der Waals surface area contributed by atoms with Crippen molar-refractivity contribution in [1.82, 2.24) is 10.6 Å². The molecule has 0 aliphatic carbocycles. The second-order valence-electron chi connectivity index (χ2n) is 5.65. The Morgan fingerprint density at radius 2 is 1.63 bits per heavy atom. The molecule has 0 saturated heterocycles. The van der Waals surface area contributed by atoms with Crippen LogP contribution >= 0.6 is 0 Å². The number of hydrogen-bond acceptors (Lipinski definition) is 4. The minimum Gasteiger partial charge on any atom is -0.456 e. The molecule has 6 heteroatoms. The molecule has 0 saturated carbocycles. The molecule has 0 heterocycles. The van der Waals surface area contributed by atoms with Crippen LogP contribution in [0.1, 0.15) is 28.4 Å². The first kappa shape index (κ1) is 19.7. The number of hydrogen-bond donors (Lipinski definition) is 2. The molecule has 6 nitrogen and oxygen atoms in total. The molecule has 27 heavy (non-hydrogen) atoms. The van der Waals surface area contributed by atoms with Gasteiger partial charge in [0.2, 0.25) is 0 Å². The van der Waals surface area contributed by atoms with E-state index in [9.17, 15) is 14.4 Å². The number of rotatable bonds is 8. The lowest BCUT2D eigenvalue weighted by atomic mass is 10.0. The van der Waals surface area contributed by atoms with Crippen molar-refractivity contribution < 1.29 is 19.1 Å². The number of nitrogens with one attached hydrogen (secondary N) is 2. The van der Waals surface area contributed by atoms with E-state index in [0.29, 0.717) is 5.56 Å².